The van der Waals surface area contributed by atoms with E-state index in [2.05, 4.69) is 76.3 Å². The molecular formula is C16H25F2SiZr. The fourth-order valence-electron chi connectivity index (χ4n) is 3.65. The zero-order valence-electron chi connectivity index (χ0n) is 12.9. The minimum Gasteiger partial charge on any atom is -1.00 e. The van der Waals surface area contributed by atoms with Crippen molar-refractivity contribution in [1.29, 1.82) is 0 Å². The molecule has 0 aromatic rings. The van der Waals surface area contributed by atoms with Gasteiger partial charge in [0.25, 0.3) is 0 Å². The summed E-state index contributed by atoms with van der Waals surface area (Å²) < 4.78 is 0.915. The zero-order valence-corrected chi connectivity index (χ0v) is 16.5. The van der Waals surface area contributed by atoms with E-state index in [0.29, 0.717) is 6.25 Å². The van der Waals surface area contributed by atoms with Crippen LogP contribution in [0.25, 0.3) is 0 Å². The fourth-order valence-corrected chi connectivity index (χ4v) is 33.6. The van der Waals surface area contributed by atoms with Gasteiger partial charge in [0.1, 0.15) is 0 Å². The molecule has 0 aromatic carbocycles. The summed E-state index contributed by atoms with van der Waals surface area (Å²) in [6.07, 6.45) is 19.2. The van der Waals surface area contributed by atoms with Crippen molar-refractivity contribution >= 4 is 5.92 Å². The van der Waals surface area contributed by atoms with Crippen LogP contribution in [0.4, 0.5) is 0 Å². The van der Waals surface area contributed by atoms with E-state index in [4.69, 9.17) is 0 Å². The van der Waals surface area contributed by atoms with Gasteiger partial charge in [0, 0.05) is 0 Å². The van der Waals surface area contributed by atoms with Crippen LogP contribution in [0.5, 0.6) is 0 Å². The van der Waals surface area contributed by atoms with Gasteiger partial charge in [-0.2, -0.15) is 0 Å². The molecule has 0 amide bonds. The van der Waals surface area contributed by atoms with E-state index < -0.39 is 26.8 Å². The minimum atomic E-state index is -1.59. The van der Waals surface area contributed by atoms with Gasteiger partial charge in [0.05, 0.1) is 0 Å². The Labute approximate surface area is 130 Å². The molecule has 0 saturated heterocycles. The number of hydrogen-bond acceptors (Lipinski definition) is 0. The Kier molecular flexibility index (Phi) is 7.76. The van der Waals surface area contributed by atoms with Crippen LogP contribution in [0, 0.1) is 0 Å². The normalized spacial score (nSPS) is 20.1. The maximum atomic E-state index is 2.51. The second-order valence-corrected chi connectivity index (χ2v) is 25.7. The van der Waals surface area contributed by atoms with Crippen LogP contribution in [0.1, 0.15) is 27.7 Å². The second-order valence-electron chi connectivity index (χ2n) is 5.93. The van der Waals surface area contributed by atoms with E-state index in [-0.39, 0.29) is 9.41 Å². The van der Waals surface area contributed by atoms with Crippen LogP contribution < -0.4 is 9.41 Å². The van der Waals surface area contributed by atoms with Gasteiger partial charge in [-0.3, -0.25) is 0 Å². The molecule has 0 aliphatic heterocycles. The molecule has 0 N–H and O–H groups in total. The Bertz CT molecular complexity index is 364. The summed E-state index contributed by atoms with van der Waals surface area (Å²) in [6.45, 7) is 9.91. The molecule has 0 bridgehead atoms. The molecule has 2 aliphatic carbocycles. The van der Waals surface area contributed by atoms with Crippen molar-refractivity contribution in [3.8, 4) is 0 Å². The largest absolute Gasteiger partial charge is 1.00 e. The average Bonchev–Trinajstić information content (AvgIpc) is 2.96. The zero-order chi connectivity index (χ0) is 13.2. The number of rotatable bonds is 5. The topological polar surface area (TPSA) is 0 Å². The van der Waals surface area contributed by atoms with Crippen molar-refractivity contribution in [2.75, 3.05) is 0 Å². The van der Waals surface area contributed by atoms with Crippen molar-refractivity contribution < 1.29 is 30.3 Å². The Hall–Kier alpha value is -0.0800. The summed E-state index contributed by atoms with van der Waals surface area (Å²) in [6, 6.07) is 2.97. The molecule has 0 heterocycles. The standard InChI is InChI=1S/2C6H7.C4H11Si.2FH.Zr/c2*1-6-4-2-3-5-6;1-3-5-4-2;;;/h2*2-5H,1H3;5H,3-4H2,1-2H3;2*1H;/q;;;;;+2/p-2. The van der Waals surface area contributed by atoms with E-state index in [0.717, 1.165) is 0 Å². The molecule has 0 aromatic heterocycles. The monoisotopic (exact) mass is 373 g/mol. The quantitative estimate of drug-likeness (QED) is 0.541. The van der Waals surface area contributed by atoms with Gasteiger partial charge in [-0.1, -0.05) is 0 Å². The second kappa shape index (κ2) is 7.79. The van der Waals surface area contributed by atoms with Gasteiger partial charge >= 0.3 is 121 Å². The summed E-state index contributed by atoms with van der Waals surface area (Å²) in [5.74, 6) is -0.556. The van der Waals surface area contributed by atoms with Gasteiger partial charge in [-0.05, 0) is 0 Å². The Balaban J connectivity index is 0.00000180. The summed E-state index contributed by atoms with van der Waals surface area (Å²) in [5.41, 5.74) is 0. The van der Waals surface area contributed by atoms with Crippen LogP contribution in [0.15, 0.2) is 48.6 Å². The molecule has 0 saturated carbocycles. The third-order valence-corrected chi connectivity index (χ3v) is 34.1. The molecule has 0 spiro atoms. The van der Waals surface area contributed by atoms with Gasteiger partial charge in [0.15, 0.2) is 0 Å². The van der Waals surface area contributed by atoms with Crippen LogP contribution in [-0.4, -0.2) is 5.92 Å². The molecule has 0 fully saturated rings. The predicted molar refractivity (Wildman–Crippen MR) is 81.4 cm³/mol. The SMILES string of the molecule is CC[SiH](CC)[Zr+2]([C]1(C)C=CC=C1)[C]1(C)C=CC=C1.[F-].[F-]. The molecule has 20 heavy (non-hydrogen) atoms. The van der Waals surface area contributed by atoms with Crippen LogP contribution in [0.3, 0.4) is 0 Å². The number of hydrogen-bond donors (Lipinski definition) is 0. The number of allylic oxidation sites excluding steroid dienone is 8. The van der Waals surface area contributed by atoms with Crippen molar-refractivity contribution in [2.45, 2.75) is 46.0 Å². The Morgan fingerprint density at radius 3 is 1.30 bits per heavy atom. The summed E-state index contributed by atoms with van der Waals surface area (Å²) in [5, 5.41) is 0. The number of halogens is 2. The van der Waals surface area contributed by atoms with E-state index in [1.165, 1.54) is 12.1 Å². The first-order valence-corrected chi connectivity index (χ1v) is 16.1. The minimum absolute atomic E-state index is 0. The van der Waals surface area contributed by atoms with Crippen molar-refractivity contribution in [3.05, 3.63) is 48.6 Å². The average molecular weight is 375 g/mol. The first-order chi connectivity index (χ1) is 8.56. The molecular weight excluding hydrogens is 349 g/mol. The third-order valence-electron chi connectivity index (χ3n) is 4.55. The van der Waals surface area contributed by atoms with E-state index in [1.807, 2.05) is 0 Å². The van der Waals surface area contributed by atoms with Gasteiger partial charge in [0.2, 0.25) is 0 Å². The fraction of sp³-hybridized carbons (Fsp3) is 0.500. The third kappa shape index (κ3) is 3.57. The van der Waals surface area contributed by atoms with Crippen molar-refractivity contribution in [3.63, 3.8) is 0 Å². The molecule has 0 nitrogen and oxygen atoms in total. The summed E-state index contributed by atoms with van der Waals surface area (Å²) in [4.78, 5) is 0. The summed E-state index contributed by atoms with van der Waals surface area (Å²) in [7, 11) is 0. The van der Waals surface area contributed by atoms with Gasteiger partial charge < -0.3 is 9.41 Å². The molecule has 0 atom stereocenters. The van der Waals surface area contributed by atoms with Crippen molar-refractivity contribution in [1.82, 2.24) is 0 Å². The summed E-state index contributed by atoms with van der Waals surface area (Å²) >= 11 is -1.59. The smallest absolute Gasteiger partial charge is 1.00 e. The van der Waals surface area contributed by atoms with E-state index in [9.17, 15) is 0 Å². The van der Waals surface area contributed by atoms with Gasteiger partial charge in [-0.15, -0.1) is 0 Å². The van der Waals surface area contributed by atoms with Gasteiger partial charge in [-0.25, -0.2) is 0 Å². The molecule has 111 valence electrons. The van der Waals surface area contributed by atoms with Crippen LogP contribution >= 0.6 is 0 Å². The maximum Gasteiger partial charge on any atom is -1.00 e. The van der Waals surface area contributed by atoms with Crippen LogP contribution in [-0.2, 0) is 20.9 Å². The molecule has 0 unspecified atom stereocenters. The first kappa shape index (κ1) is 19.9. The first-order valence-electron chi connectivity index (χ1n) is 7.17. The van der Waals surface area contributed by atoms with E-state index >= 15 is 0 Å². The van der Waals surface area contributed by atoms with Crippen LogP contribution in [0.2, 0.25) is 18.3 Å². The molecule has 2 rings (SSSR count). The molecule has 4 heteroatoms. The maximum absolute atomic E-state index is 2.51. The van der Waals surface area contributed by atoms with Crippen molar-refractivity contribution in [2.24, 2.45) is 0 Å². The molecule has 0 radical (unpaired) electrons. The van der Waals surface area contributed by atoms with E-state index in [1.54, 1.807) is 0 Å². The predicted octanol–water partition coefficient (Wildman–Crippen LogP) is -1.01. The molecule has 2 aliphatic rings. The Morgan fingerprint density at radius 1 is 0.750 bits per heavy atom. The Morgan fingerprint density at radius 2 is 1.05 bits per heavy atom.